The second-order valence-electron chi connectivity index (χ2n) is 2.91. The minimum absolute atomic E-state index is 0.0737. The average Bonchev–Trinajstić information content (AvgIpc) is 2.24. The Morgan fingerprint density at radius 1 is 1.25 bits per heavy atom. The summed E-state index contributed by atoms with van der Waals surface area (Å²) < 4.78 is 17.3. The fraction of sp³-hybridized carbons (Fsp3) is 0.200. The molecule has 0 spiro atoms. The normalized spacial score (nSPS) is 12.0. The Morgan fingerprint density at radius 3 is 2.19 bits per heavy atom. The molecule has 0 radical (unpaired) electrons. The van der Waals surface area contributed by atoms with Gasteiger partial charge in [0.2, 0.25) is 5.78 Å². The molecule has 1 atom stereocenters. The van der Waals surface area contributed by atoms with Gasteiger partial charge in [-0.2, -0.15) is 0 Å². The standard InChI is InChI=1S/C10H7Cl2FO3/c1-16-10(15)8(13)9(14)5-2-6(11)4-7(12)3-5/h2-4,8H,1H3. The lowest BCUT2D eigenvalue weighted by Crippen LogP contribution is -2.26. The van der Waals surface area contributed by atoms with Gasteiger partial charge in [-0.15, -0.1) is 0 Å². The van der Waals surface area contributed by atoms with Gasteiger partial charge >= 0.3 is 5.97 Å². The van der Waals surface area contributed by atoms with Crippen molar-refractivity contribution in [2.45, 2.75) is 6.17 Å². The Hall–Kier alpha value is -1.13. The Bertz CT molecular complexity index is 414. The monoisotopic (exact) mass is 264 g/mol. The predicted octanol–water partition coefficient (Wildman–Crippen LogP) is 2.69. The molecule has 0 heterocycles. The summed E-state index contributed by atoms with van der Waals surface area (Å²) in [6, 6.07) is 3.85. The van der Waals surface area contributed by atoms with E-state index >= 15 is 0 Å². The molecule has 0 saturated heterocycles. The first kappa shape index (κ1) is 12.9. The molecule has 0 bridgehead atoms. The van der Waals surface area contributed by atoms with Gasteiger partial charge in [-0.25, -0.2) is 9.18 Å². The van der Waals surface area contributed by atoms with Crippen molar-refractivity contribution in [2.75, 3.05) is 7.11 Å². The zero-order valence-corrected chi connectivity index (χ0v) is 9.68. The number of ketones is 1. The summed E-state index contributed by atoms with van der Waals surface area (Å²) in [4.78, 5) is 22.3. The van der Waals surface area contributed by atoms with Crippen molar-refractivity contribution in [3.05, 3.63) is 33.8 Å². The van der Waals surface area contributed by atoms with E-state index in [1.54, 1.807) is 0 Å². The molecule has 0 N–H and O–H groups in total. The molecule has 1 unspecified atom stereocenters. The summed E-state index contributed by atoms with van der Waals surface area (Å²) in [7, 11) is 0.993. The third-order valence-corrected chi connectivity index (χ3v) is 2.22. The van der Waals surface area contributed by atoms with Crippen LogP contribution in [0.4, 0.5) is 4.39 Å². The quantitative estimate of drug-likeness (QED) is 0.479. The molecular formula is C10H7Cl2FO3. The number of Topliss-reactive ketones (excluding diaryl/α,β-unsaturated/α-hetero) is 1. The van der Waals surface area contributed by atoms with E-state index in [-0.39, 0.29) is 15.6 Å². The highest BCUT2D eigenvalue weighted by Gasteiger charge is 2.28. The third kappa shape index (κ3) is 2.93. The SMILES string of the molecule is COC(=O)C(F)C(=O)c1cc(Cl)cc(Cl)c1. The lowest BCUT2D eigenvalue weighted by molar-refractivity contribution is -0.144. The maximum absolute atomic E-state index is 13.2. The molecule has 1 rings (SSSR count). The molecule has 0 saturated carbocycles. The molecule has 86 valence electrons. The fourth-order valence-corrected chi connectivity index (χ4v) is 1.58. The number of esters is 1. The van der Waals surface area contributed by atoms with E-state index in [2.05, 4.69) is 4.74 Å². The van der Waals surface area contributed by atoms with Crippen LogP contribution in [0.15, 0.2) is 18.2 Å². The van der Waals surface area contributed by atoms with Crippen LogP contribution >= 0.6 is 23.2 Å². The molecule has 3 nitrogen and oxygen atoms in total. The Kier molecular flexibility index (Phi) is 4.26. The highest BCUT2D eigenvalue weighted by Crippen LogP contribution is 2.20. The van der Waals surface area contributed by atoms with E-state index in [0.717, 1.165) is 7.11 Å². The zero-order chi connectivity index (χ0) is 12.3. The minimum atomic E-state index is -2.36. The number of methoxy groups -OCH3 is 1. The van der Waals surface area contributed by atoms with Crippen LogP contribution in [0.2, 0.25) is 10.0 Å². The first-order valence-corrected chi connectivity index (χ1v) is 4.93. The first-order valence-electron chi connectivity index (χ1n) is 4.18. The number of carbonyl (C=O) groups excluding carboxylic acids is 2. The third-order valence-electron chi connectivity index (χ3n) is 1.79. The van der Waals surface area contributed by atoms with Crippen molar-refractivity contribution in [1.82, 2.24) is 0 Å². The highest BCUT2D eigenvalue weighted by molar-refractivity contribution is 6.35. The van der Waals surface area contributed by atoms with Crippen molar-refractivity contribution in [2.24, 2.45) is 0 Å². The number of ether oxygens (including phenoxy) is 1. The van der Waals surface area contributed by atoms with E-state index in [1.807, 2.05) is 0 Å². The molecule has 0 aliphatic heterocycles. The van der Waals surface area contributed by atoms with E-state index < -0.39 is 17.9 Å². The van der Waals surface area contributed by atoms with Gasteiger partial charge in [0.05, 0.1) is 7.11 Å². The Morgan fingerprint density at radius 2 is 1.75 bits per heavy atom. The summed E-state index contributed by atoms with van der Waals surface area (Å²) in [5, 5.41) is 0.376. The van der Waals surface area contributed by atoms with Crippen molar-refractivity contribution >= 4 is 35.0 Å². The first-order chi connectivity index (χ1) is 7.45. The number of alkyl halides is 1. The largest absolute Gasteiger partial charge is 0.467 e. The van der Waals surface area contributed by atoms with Gasteiger partial charge < -0.3 is 4.74 Å². The molecule has 1 aromatic carbocycles. The molecule has 0 aromatic heterocycles. The molecular weight excluding hydrogens is 258 g/mol. The highest BCUT2D eigenvalue weighted by atomic mass is 35.5. The van der Waals surface area contributed by atoms with Crippen molar-refractivity contribution in [1.29, 1.82) is 0 Å². The second-order valence-corrected chi connectivity index (χ2v) is 3.78. The molecule has 16 heavy (non-hydrogen) atoms. The van der Waals surface area contributed by atoms with Gasteiger partial charge in [0.1, 0.15) is 0 Å². The van der Waals surface area contributed by atoms with Crippen LogP contribution in [0.3, 0.4) is 0 Å². The topological polar surface area (TPSA) is 43.4 Å². The zero-order valence-electron chi connectivity index (χ0n) is 8.17. The molecule has 1 aromatic rings. The second kappa shape index (κ2) is 5.27. The fourth-order valence-electron chi connectivity index (χ4n) is 1.05. The van der Waals surface area contributed by atoms with Crippen LogP contribution in [0.5, 0.6) is 0 Å². The number of rotatable bonds is 3. The van der Waals surface area contributed by atoms with Gasteiger partial charge in [-0.05, 0) is 18.2 Å². The number of hydrogen-bond donors (Lipinski definition) is 0. The van der Waals surface area contributed by atoms with Crippen molar-refractivity contribution in [3.8, 4) is 0 Å². The number of hydrogen-bond acceptors (Lipinski definition) is 3. The van der Waals surface area contributed by atoms with E-state index in [1.165, 1.54) is 18.2 Å². The van der Waals surface area contributed by atoms with E-state index in [0.29, 0.717) is 0 Å². The predicted molar refractivity (Wildman–Crippen MR) is 57.7 cm³/mol. The number of halogens is 3. The van der Waals surface area contributed by atoms with Crippen LogP contribution in [0.25, 0.3) is 0 Å². The minimum Gasteiger partial charge on any atom is -0.467 e. The number of benzene rings is 1. The van der Waals surface area contributed by atoms with Gasteiger partial charge in [0.25, 0.3) is 6.17 Å². The van der Waals surface area contributed by atoms with Gasteiger partial charge in [0, 0.05) is 15.6 Å². The van der Waals surface area contributed by atoms with Crippen LogP contribution in [0, 0.1) is 0 Å². The molecule has 0 aliphatic rings. The summed E-state index contributed by atoms with van der Waals surface area (Å²) in [5.74, 6) is -2.28. The van der Waals surface area contributed by atoms with E-state index in [9.17, 15) is 14.0 Å². The summed E-state index contributed by atoms with van der Waals surface area (Å²) in [5.41, 5.74) is -0.0737. The maximum atomic E-state index is 13.2. The van der Waals surface area contributed by atoms with Crippen LogP contribution in [-0.4, -0.2) is 25.0 Å². The van der Waals surface area contributed by atoms with Gasteiger partial charge in [0.15, 0.2) is 0 Å². The maximum Gasteiger partial charge on any atom is 0.348 e. The van der Waals surface area contributed by atoms with Crippen molar-refractivity contribution in [3.63, 3.8) is 0 Å². The number of carbonyl (C=O) groups is 2. The van der Waals surface area contributed by atoms with Gasteiger partial charge in [-0.3, -0.25) is 4.79 Å². The summed E-state index contributed by atoms with van der Waals surface area (Å²) in [6.07, 6.45) is -2.36. The molecule has 6 heteroatoms. The lowest BCUT2D eigenvalue weighted by atomic mass is 10.1. The average molecular weight is 265 g/mol. The van der Waals surface area contributed by atoms with Crippen LogP contribution in [0.1, 0.15) is 10.4 Å². The smallest absolute Gasteiger partial charge is 0.348 e. The lowest BCUT2D eigenvalue weighted by Gasteiger charge is -2.06. The van der Waals surface area contributed by atoms with Crippen LogP contribution in [-0.2, 0) is 9.53 Å². The Labute approximate surface area is 101 Å². The van der Waals surface area contributed by atoms with Crippen molar-refractivity contribution < 1.29 is 18.7 Å². The summed E-state index contributed by atoms with van der Waals surface area (Å²) >= 11 is 11.3. The Balaban J connectivity index is 3.00. The summed E-state index contributed by atoms with van der Waals surface area (Å²) in [6.45, 7) is 0. The van der Waals surface area contributed by atoms with Gasteiger partial charge in [-0.1, -0.05) is 23.2 Å². The molecule has 0 fully saturated rings. The molecule has 0 amide bonds. The molecule has 0 aliphatic carbocycles. The van der Waals surface area contributed by atoms with Crippen LogP contribution < -0.4 is 0 Å². The van der Waals surface area contributed by atoms with E-state index in [4.69, 9.17) is 23.2 Å².